The summed E-state index contributed by atoms with van der Waals surface area (Å²) in [5.41, 5.74) is 2.84. The molecule has 0 heterocycles. The van der Waals surface area contributed by atoms with Crippen molar-refractivity contribution >= 4 is 27.5 Å². The number of nitrogens with one attached hydrogen (secondary N) is 1. The number of anilines is 1. The number of aryl methyl sites for hydroxylation is 1. The van der Waals surface area contributed by atoms with E-state index >= 15 is 0 Å². The summed E-state index contributed by atoms with van der Waals surface area (Å²) in [5, 5.41) is 2.96. The van der Waals surface area contributed by atoms with E-state index in [1.165, 1.54) is 17.0 Å². The van der Waals surface area contributed by atoms with Crippen molar-refractivity contribution < 1.29 is 22.7 Å². The molecular formula is C36H41N3O5S. The van der Waals surface area contributed by atoms with Gasteiger partial charge in [-0.25, -0.2) is 8.42 Å². The largest absolute Gasteiger partial charge is 0.492 e. The second-order valence-corrected chi connectivity index (χ2v) is 12.6. The number of carbonyl (C=O) groups excluding carboxylic acids is 2. The third-order valence-electron chi connectivity index (χ3n) is 7.34. The van der Waals surface area contributed by atoms with Gasteiger partial charge in [0.1, 0.15) is 18.3 Å². The number of benzene rings is 4. The first-order valence-corrected chi connectivity index (χ1v) is 16.6. The second-order valence-electron chi connectivity index (χ2n) is 10.7. The number of hydrogen-bond donors (Lipinski definition) is 1. The number of ether oxygens (including phenoxy) is 1. The predicted octanol–water partition coefficient (Wildman–Crippen LogP) is 5.76. The molecule has 1 atom stereocenters. The molecule has 8 nitrogen and oxygen atoms in total. The topological polar surface area (TPSA) is 96.0 Å². The van der Waals surface area contributed by atoms with Crippen LogP contribution in [0.4, 0.5) is 5.69 Å². The van der Waals surface area contributed by atoms with Gasteiger partial charge < -0.3 is 15.0 Å². The normalized spacial score (nSPS) is 11.8. The highest BCUT2D eigenvalue weighted by Crippen LogP contribution is 2.33. The first-order valence-electron chi connectivity index (χ1n) is 15.2. The van der Waals surface area contributed by atoms with Gasteiger partial charge in [0.2, 0.25) is 11.8 Å². The number of hydrogen-bond acceptors (Lipinski definition) is 5. The first-order chi connectivity index (χ1) is 21.7. The molecule has 4 aromatic carbocycles. The van der Waals surface area contributed by atoms with Gasteiger partial charge >= 0.3 is 0 Å². The van der Waals surface area contributed by atoms with E-state index in [0.29, 0.717) is 18.9 Å². The van der Waals surface area contributed by atoms with Gasteiger partial charge in [-0.15, -0.1) is 0 Å². The highest BCUT2D eigenvalue weighted by Gasteiger charge is 2.35. The standard InChI is InChI=1S/C36H41N3O5S/c1-4-24-37-36(41)33(25-29-14-8-6-9-15-29)38(26-30-16-10-7-11-17-30)35(40)27-39(32-18-12-13-19-34(32)44-5-2)45(42,43)31-22-20-28(3)21-23-31/h6-23,33H,4-5,24-27H2,1-3H3,(H,37,41)/t33-/m1/s1. The Morgan fingerprint density at radius 1 is 0.800 bits per heavy atom. The second kappa shape index (κ2) is 15.9. The van der Waals surface area contributed by atoms with Crippen LogP contribution in [-0.4, -0.2) is 50.9 Å². The lowest BCUT2D eigenvalue weighted by Gasteiger charge is -2.34. The molecule has 0 bridgehead atoms. The van der Waals surface area contributed by atoms with Crippen LogP contribution in [0.1, 0.15) is 37.0 Å². The first kappa shape index (κ1) is 33.3. The van der Waals surface area contributed by atoms with E-state index in [1.54, 1.807) is 36.4 Å². The zero-order valence-electron chi connectivity index (χ0n) is 26.1. The average molecular weight is 628 g/mol. The van der Waals surface area contributed by atoms with Gasteiger partial charge in [0, 0.05) is 19.5 Å². The van der Waals surface area contributed by atoms with Gasteiger partial charge in [0.05, 0.1) is 17.2 Å². The Balaban J connectivity index is 1.82. The summed E-state index contributed by atoms with van der Waals surface area (Å²) < 4.78 is 35.5. The minimum atomic E-state index is -4.23. The van der Waals surface area contributed by atoms with E-state index in [-0.39, 0.29) is 29.5 Å². The summed E-state index contributed by atoms with van der Waals surface area (Å²) in [6, 6.07) is 31.3. The van der Waals surface area contributed by atoms with Crippen LogP contribution >= 0.6 is 0 Å². The van der Waals surface area contributed by atoms with Gasteiger partial charge in [-0.2, -0.15) is 0 Å². The van der Waals surface area contributed by atoms with Crippen LogP contribution in [0, 0.1) is 6.92 Å². The van der Waals surface area contributed by atoms with Gasteiger partial charge in [0.25, 0.3) is 10.0 Å². The summed E-state index contributed by atoms with van der Waals surface area (Å²) in [7, 11) is -4.23. The summed E-state index contributed by atoms with van der Waals surface area (Å²) in [6.07, 6.45) is 0.989. The van der Waals surface area contributed by atoms with Crippen molar-refractivity contribution in [2.45, 2.75) is 51.1 Å². The molecule has 2 amide bonds. The van der Waals surface area contributed by atoms with Crippen molar-refractivity contribution in [1.82, 2.24) is 10.2 Å². The summed E-state index contributed by atoms with van der Waals surface area (Å²) in [4.78, 5) is 29.8. The van der Waals surface area contributed by atoms with Crippen molar-refractivity contribution in [3.8, 4) is 5.75 Å². The molecule has 236 valence electrons. The van der Waals surface area contributed by atoms with Gasteiger partial charge in [-0.1, -0.05) is 97.4 Å². The fourth-order valence-electron chi connectivity index (χ4n) is 4.99. The minimum Gasteiger partial charge on any atom is -0.492 e. The van der Waals surface area contributed by atoms with Crippen LogP contribution in [0.5, 0.6) is 5.75 Å². The fraction of sp³-hybridized carbons (Fsp3) is 0.278. The number of carbonyl (C=O) groups is 2. The van der Waals surface area contributed by atoms with Crippen LogP contribution in [0.3, 0.4) is 0 Å². The molecule has 0 aromatic heterocycles. The van der Waals surface area contributed by atoms with Gasteiger partial charge in [-0.3, -0.25) is 13.9 Å². The molecule has 4 aromatic rings. The van der Waals surface area contributed by atoms with Crippen LogP contribution in [0.2, 0.25) is 0 Å². The lowest BCUT2D eigenvalue weighted by molar-refractivity contribution is -0.140. The molecule has 9 heteroatoms. The number of para-hydroxylation sites is 2. The lowest BCUT2D eigenvalue weighted by Crippen LogP contribution is -2.53. The molecule has 0 saturated heterocycles. The Morgan fingerprint density at radius 2 is 1.40 bits per heavy atom. The van der Waals surface area contributed by atoms with Gasteiger partial charge in [0.15, 0.2) is 0 Å². The van der Waals surface area contributed by atoms with Crippen molar-refractivity contribution in [2.24, 2.45) is 0 Å². The van der Waals surface area contributed by atoms with Crippen LogP contribution in [0.25, 0.3) is 0 Å². The van der Waals surface area contributed by atoms with Gasteiger partial charge in [-0.05, 0) is 55.7 Å². The molecule has 4 rings (SSSR count). The quantitative estimate of drug-likeness (QED) is 0.181. The monoisotopic (exact) mass is 627 g/mol. The molecule has 0 spiro atoms. The average Bonchev–Trinajstić information content (AvgIpc) is 3.05. The van der Waals surface area contributed by atoms with E-state index < -0.39 is 28.5 Å². The molecule has 0 saturated carbocycles. The molecule has 0 radical (unpaired) electrons. The van der Waals surface area contributed by atoms with Crippen LogP contribution < -0.4 is 14.4 Å². The molecule has 0 aliphatic rings. The molecule has 0 fully saturated rings. The Morgan fingerprint density at radius 3 is 2.02 bits per heavy atom. The van der Waals surface area contributed by atoms with Crippen LogP contribution in [0.15, 0.2) is 114 Å². The van der Waals surface area contributed by atoms with Crippen molar-refractivity contribution in [2.75, 3.05) is 24.0 Å². The molecule has 45 heavy (non-hydrogen) atoms. The van der Waals surface area contributed by atoms with E-state index in [9.17, 15) is 18.0 Å². The number of rotatable bonds is 15. The maximum absolute atomic E-state index is 14.5. The zero-order chi connectivity index (χ0) is 32.2. The Labute approximate surface area is 266 Å². The van der Waals surface area contributed by atoms with Crippen molar-refractivity contribution in [1.29, 1.82) is 0 Å². The molecule has 0 aliphatic heterocycles. The minimum absolute atomic E-state index is 0.0448. The number of amides is 2. The third-order valence-corrected chi connectivity index (χ3v) is 9.11. The van der Waals surface area contributed by atoms with E-state index in [2.05, 4.69) is 5.32 Å². The predicted molar refractivity (Wildman–Crippen MR) is 178 cm³/mol. The fourth-order valence-corrected chi connectivity index (χ4v) is 6.42. The van der Waals surface area contributed by atoms with Crippen molar-refractivity contribution in [3.05, 3.63) is 126 Å². The maximum atomic E-state index is 14.5. The molecule has 0 unspecified atom stereocenters. The Hall–Kier alpha value is -4.63. The number of sulfonamides is 1. The molecule has 0 aliphatic carbocycles. The summed E-state index contributed by atoms with van der Waals surface area (Å²) in [5.74, 6) is -0.485. The zero-order valence-corrected chi connectivity index (χ0v) is 26.9. The SMILES string of the molecule is CCCNC(=O)[C@@H](Cc1ccccc1)N(Cc1ccccc1)C(=O)CN(c1ccccc1OCC)S(=O)(=O)c1ccc(C)cc1. The Kier molecular flexibility index (Phi) is 11.8. The highest BCUT2D eigenvalue weighted by molar-refractivity contribution is 7.92. The lowest BCUT2D eigenvalue weighted by atomic mass is 10.0. The Bertz CT molecular complexity index is 1650. The van der Waals surface area contributed by atoms with E-state index in [1.807, 2.05) is 81.4 Å². The maximum Gasteiger partial charge on any atom is 0.264 e. The highest BCUT2D eigenvalue weighted by atomic mass is 32.2. The third kappa shape index (κ3) is 8.73. The molecule has 1 N–H and O–H groups in total. The number of nitrogens with zero attached hydrogens (tertiary/aromatic N) is 2. The summed E-state index contributed by atoms with van der Waals surface area (Å²) in [6.45, 7) is 5.98. The van der Waals surface area contributed by atoms with E-state index in [4.69, 9.17) is 4.74 Å². The summed E-state index contributed by atoms with van der Waals surface area (Å²) >= 11 is 0. The molecular weight excluding hydrogens is 586 g/mol. The van der Waals surface area contributed by atoms with E-state index in [0.717, 1.165) is 27.4 Å². The van der Waals surface area contributed by atoms with Crippen LogP contribution in [-0.2, 0) is 32.6 Å². The smallest absolute Gasteiger partial charge is 0.264 e. The van der Waals surface area contributed by atoms with Crippen molar-refractivity contribution in [3.63, 3.8) is 0 Å².